The number of rotatable bonds is 3. The summed E-state index contributed by atoms with van der Waals surface area (Å²) < 4.78 is 0.716. The van der Waals surface area contributed by atoms with Gasteiger partial charge in [-0.15, -0.1) is 5.10 Å². The van der Waals surface area contributed by atoms with Gasteiger partial charge in [0.25, 0.3) is 0 Å². The Labute approximate surface area is 70.8 Å². The molecule has 1 aromatic heterocycles. The van der Waals surface area contributed by atoms with Crippen LogP contribution in [0.3, 0.4) is 0 Å². The summed E-state index contributed by atoms with van der Waals surface area (Å²) in [6.07, 6.45) is 5.07. The highest BCUT2D eigenvalue weighted by molar-refractivity contribution is 7.71. The largest absolute Gasteiger partial charge is 0.249 e. The molecule has 0 saturated heterocycles. The third-order valence-corrected chi connectivity index (χ3v) is 1.87. The molecule has 0 bridgehead atoms. The van der Waals surface area contributed by atoms with E-state index in [9.17, 15) is 0 Å². The summed E-state index contributed by atoms with van der Waals surface area (Å²) in [6, 6.07) is 0. The molecule has 1 rings (SSSR count). The zero-order valence-electron chi connectivity index (χ0n) is 6.50. The van der Waals surface area contributed by atoms with Crippen LogP contribution < -0.4 is 0 Å². The maximum absolute atomic E-state index is 5.01. The Hall–Kier alpha value is -0.770. The normalized spacial score (nSPS) is 9.91. The molecule has 11 heavy (non-hydrogen) atoms. The van der Waals surface area contributed by atoms with Crippen LogP contribution in [-0.4, -0.2) is 15.4 Å². The van der Waals surface area contributed by atoms with Crippen LogP contribution in [0.4, 0.5) is 0 Å². The summed E-state index contributed by atoms with van der Waals surface area (Å²) in [6.45, 7) is 2.15. The van der Waals surface area contributed by atoms with Gasteiger partial charge in [-0.1, -0.05) is 30.8 Å². The topological polar surface area (TPSA) is 41.6 Å². The van der Waals surface area contributed by atoms with Gasteiger partial charge in [0.05, 0.1) is 6.20 Å². The van der Waals surface area contributed by atoms with Gasteiger partial charge in [0.15, 0.2) is 0 Å². The molecule has 0 aliphatic heterocycles. The van der Waals surface area contributed by atoms with Crippen LogP contribution in [0.1, 0.15) is 25.3 Å². The minimum absolute atomic E-state index is 0.716. The molecule has 1 heterocycles. The number of nitrogens with one attached hydrogen (secondary N) is 1. The first-order valence-electron chi connectivity index (χ1n) is 3.74. The van der Waals surface area contributed by atoms with Gasteiger partial charge in [0, 0.05) is 5.56 Å². The van der Waals surface area contributed by atoms with E-state index in [0.29, 0.717) is 4.64 Å². The van der Waals surface area contributed by atoms with Crippen molar-refractivity contribution in [3.63, 3.8) is 0 Å². The van der Waals surface area contributed by atoms with E-state index in [-0.39, 0.29) is 0 Å². The van der Waals surface area contributed by atoms with Crippen molar-refractivity contribution < 1.29 is 0 Å². The molecule has 3 nitrogen and oxygen atoms in total. The smallest absolute Gasteiger partial charge is 0.126 e. The number of aromatic amines is 1. The van der Waals surface area contributed by atoms with Crippen molar-refractivity contribution in [3.8, 4) is 0 Å². The highest BCUT2D eigenvalue weighted by Gasteiger charge is 1.93. The summed E-state index contributed by atoms with van der Waals surface area (Å²) in [5.74, 6) is 0. The predicted molar refractivity (Wildman–Crippen MR) is 45.8 cm³/mol. The molecule has 0 radical (unpaired) electrons. The third-order valence-electron chi connectivity index (χ3n) is 1.51. The number of H-pyrrole nitrogens is 1. The Morgan fingerprint density at radius 1 is 1.64 bits per heavy atom. The van der Waals surface area contributed by atoms with Gasteiger partial charge >= 0.3 is 0 Å². The number of unbranched alkanes of at least 4 members (excludes halogenated alkanes) is 1. The zero-order valence-corrected chi connectivity index (χ0v) is 7.32. The van der Waals surface area contributed by atoms with Crippen LogP contribution in [0.25, 0.3) is 0 Å². The molecule has 0 atom stereocenters. The maximum atomic E-state index is 5.01. The minimum Gasteiger partial charge on any atom is -0.249 e. The SMILES string of the molecule is CCCCc1cnn[nH]c1=S. The molecule has 1 N–H and O–H groups in total. The first-order valence-corrected chi connectivity index (χ1v) is 4.14. The van der Waals surface area contributed by atoms with E-state index in [2.05, 4.69) is 22.3 Å². The van der Waals surface area contributed by atoms with Crippen LogP contribution in [0, 0.1) is 4.64 Å². The summed E-state index contributed by atoms with van der Waals surface area (Å²) in [5.41, 5.74) is 1.09. The van der Waals surface area contributed by atoms with Crippen LogP contribution in [0.15, 0.2) is 6.20 Å². The quantitative estimate of drug-likeness (QED) is 0.702. The maximum Gasteiger partial charge on any atom is 0.126 e. The first kappa shape index (κ1) is 8.33. The Morgan fingerprint density at radius 2 is 2.45 bits per heavy atom. The molecular weight excluding hydrogens is 158 g/mol. The van der Waals surface area contributed by atoms with Crippen molar-refractivity contribution in [2.75, 3.05) is 0 Å². The van der Waals surface area contributed by atoms with E-state index in [1.165, 1.54) is 6.42 Å². The Morgan fingerprint density at radius 3 is 3.09 bits per heavy atom. The summed E-state index contributed by atoms with van der Waals surface area (Å²) in [4.78, 5) is 0. The molecule has 0 amide bonds. The standard InChI is InChI=1S/C7H11N3S/c1-2-3-4-6-5-8-10-9-7(6)11/h5H,2-4H2,1H3,(H,8,9,11). The fourth-order valence-electron chi connectivity index (χ4n) is 0.849. The van der Waals surface area contributed by atoms with Crippen molar-refractivity contribution in [2.24, 2.45) is 0 Å². The van der Waals surface area contributed by atoms with Crippen LogP contribution >= 0.6 is 12.2 Å². The van der Waals surface area contributed by atoms with Crippen molar-refractivity contribution >= 4 is 12.2 Å². The molecule has 0 aliphatic rings. The molecule has 60 valence electrons. The highest BCUT2D eigenvalue weighted by atomic mass is 32.1. The molecule has 0 saturated carbocycles. The van der Waals surface area contributed by atoms with Crippen molar-refractivity contribution in [2.45, 2.75) is 26.2 Å². The molecule has 0 aromatic carbocycles. The summed E-state index contributed by atoms with van der Waals surface area (Å²) in [5, 5.41) is 9.96. The second-order valence-corrected chi connectivity index (χ2v) is 2.82. The van der Waals surface area contributed by atoms with Gasteiger partial charge in [-0.25, -0.2) is 5.10 Å². The van der Waals surface area contributed by atoms with Gasteiger partial charge in [-0.3, -0.25) is 0 Å². The van der Waals surface area contributed by atoms with Crippen LogP contribution in [0.2, 0.25) is 0 Å². The van der Waals surface area contributed by atoms with Crippen LogP contribution in [-0.2, 0) is 6.42 Å². The number of aromatic nitrogens is 3. The molecule has 0 unspecified atom stereocenters. The Balaban J connectivity index is 2.70. The number of hydrogen-bond acceptors (Lipinski definition) is 3. The van der Waals surface area contributed by atoms with Gasteiger partial charge < -0.3 is 0 Å². The predicted octanol–water partition coefficient (Wildman–Crippen LogP) is 1.88. The molecular formula is C7H11N3S. The van der Waals surface area contributed by atoms with E-state index in [1.807, 2.05) is 0 Å². The lowest BCUT2D eigenvalue weighted by molar-refractivity contribution is 0.760. The lowest BCUT2D eigenvalue weighted by Gasteiger charge is -1.96. The average molecular weight is 169 g/mol. The summed E-state index contributed by atoms with van der Waals surface area (Å²) in [7, 11) is 0. The minimum atomic E-state index is 0.716. The Bertz CT molecular complexity index is 268. The fraction of sp³-hybridized carbons (Fsp3) is 0.571. The first-order chi connectivity index (χ1) is 5.34. The number of aryl methyl sites for hydroxylation is 1. The lowest BCUT2D eigenvalue weighted by Crippen LogP contribution is -1.93. The van der Waals surface area contributed by atoms with Gasteiger partial charge in [0.2, 0.25) is 0 Å². The van der Waals surface area contributed by atoms with Crippen molar-refractivity contribution in [3.05, 3.63) is 16.4 Å². The number of nitrogens with zero attached hydrogens (tertiary/aromatic N) is 2. The van der Waals surface area contributed by atoms with Crippen molar-refractivity contribution in [1.29, 1.82) is 0 Å². The second kappa shape index (κ2) is 4.18. The van der Waals surface area contributed by atoms with E-state index in [4.69, 9.17) is 12.2 Å². The van der Waals surface area contributed by atoms with E-state index in [0.717, 1.165) is 18.4 Å². The van der Waals surface area contributed by atoms with Gasteiger partial charge in [-0.2, -0.15) is 0 Å². The van der Waals surface area contributed by atoms with Gasteiger partial charge in [-0.05, 0) is 12.8 Å². The average Bonchev–Trinajstić information content (AvgIpc) is 2.03. The molecule has 0 spiro atoms. The Kier molecular flexibility index (Phi) is 3.16. The van der Waals surface area contributed by atoms with E-state index in [1.54, 1.807) is 6.20 Å². The summed E-state index contributed by atoms with van der Waals surface area (Å²) >= 11 is 5.01. The zero-order chi connectivity index (χ0) is 8.10. The molecule has 1 aromatic rings. The highest BCUT2D eigenvalue weighted by Crippen LogP contribution is 2.02. The fourth-order valence-corrected chi connectivity index (χ4v) is 1.04. The number of hydrogen-bond donors (Lipinski definition) is 1. The van der Waals surface area contributed by atoms with Gasteiger partial charge in [0.1, 0.15) is 4.64 Å². The lowest BCUT2D eigenvalue weighted by atomic mass is 10.2. The second-order valence-electron chi connectivity index (χ2n) is 2.41. The van der Waals surface area contributed by atoms with E-state index < -0.39 is 0 Å². The molecule has 0 aliphatic carbocycles. The third kappa shape index (κ3) is 2.38. The monoisotopic (exact) mass is 169 g/mol. The van der Waals surface area contributed by atoms with Crippen molar-refractivity contribution in [1.82, 2.24) is 15.4 Å². The molecule has 0 fully saturated rings. The van der Waals surface area contributed by atoms with E-state index >= 15 is 0 Å². The molecule has 4 heteroatoms. The van der Waals surface area contributed by atoms with Crippen LogP contribution in [0.5, 0.6) is 0 Å².